The lowest BCUT2D eigenvalue weighted by molar-refractivity contribution is -0.909. The maximum absolute atomic E-state index is 12.6. The Morgan fingerprint density at radius 2 is 1.86 bits per heavy atom. The number of pyridine rings is 1. The fraction of sp³-hybridized carbons (Fsp3) is 0.647. The largest absolute Gasteiger partial charge is 0.303 e. The number of carbonyl (C=O) groups excluding carboxylic acids is 1. The minimum Gasteiger partial charge on any atom is -0.303 e. The molecular formula is C17H29N2O2+. The molecule has 1 aromatic rings. The molecule has 0 fully saturated rings. The third-order valence-corrected chi connectivity index (χ3v) is 3.27. The zero-order valence-electron chi connectivity index (χ0n) is 14.1. The van der Waals surface area contributed by atoms with E-state index in [1.165, 1.54) is 0 Å². The number of Topliss-reactive ketones (excluding diaryl/α,β-unsaturated/α-hetero) is 1. The van der Waals surface area contributed by atoms with Gasteiger partial charge in [-0.05, 0) is 33.3 Å². The van der Waals surface area contributed by atoms with E-state index in [1.807, 2.05) is 32.9 Å². The third-order valence-electron chi connectivity index (χ3n) is 3.27. The van der Waals surface area contributed by atoms with Crippen LogP contribution >= 0.6 is 0 Å². The average molecular weight is 293 g/mol. The third kappa shape index (κ3) is 5.84. The highest BCUT2D eigenvalue weighted by Gasteiger charge is 2.32. The van der Waals surface area contributed by atoms with Crippen molar-refractivity contribution in [2.45, 2.75) is 66.0 Å². The second kappa shape index (κ2) is 6.56. The molecular weight excluding hydrogens is 264 g/mol. The van der Waals surface area contributed by atoms with Gasteiger partial charge in [0.15, 0.2) is 5.78 Å². The van der Waals surface area contributed by atoms with Crippen molar-refractivity contribution in [2.24, 2.45) is 5.41 Å². The highest BCUT2D eigenvalue weighted by atomic mass is 16.5. The van der Waals surface area contributed by atoms with Crippen LogP contribution in [0.4, 0.5) is 0 Å². The van der Waals surface area contributed by atoms with Crippen LogP contribution in [0.25, 0.3) is 0 Å². The van der Waals surface area contributed by atoms with E-state index >= 15 is 0 Å². The summed E-state index contributed by atoms with van der Waals surface area (Å²) in [5.74, 6) is 0.206. The van der Waals surface area contributed by atoms with Crippen LogP contribution in [-0.2, 0) is 11.2 Å². The summed E-state index contributed by atoms with van der Waals surface area (Å²) in [4.78, 5) is 12.6. The van der Waals surface area contributed by atoms with Crippen LogP contribution in [0, 0.1) is 5.41 Å². The van der Waals surface area contributed by atoms with Crippen LogP contribution < -0.4 is 10.0 Å². The first-order valence-corrected chi connectivity index (χ1v) is 7.51. The first kappa shape index (κ1) is 17.6. The van der Waals surface area contributed by atoms with E-state index in [4.69, 9.17) is 0 Å². The Morgan fingerprint density at radius 3 is 2.33 bits per heavy atom. The molecule has 0 radical (unpaired) electrons. The van der Waals surface area contributed by atoms with Crippen LogP contribution in [-0.4, -0.2) is 22.6 Å². The molecule has 4 heteroatoms. The second-order valence-corrected chi connectivity index (χ2v) is 7.64. The van der Waals surface area contributed by atoms with Crippen LogP contribution in [0.15, 0.2) is 24.4 Å². The lowest BCUT2D eigenvalue weighted by atomic mass is 9.84. The van der Waals surface area contributed by atoms with Crippen molar-refractivity contribution in [1.82, 2.24) is 5.32 Å². The van der Waals surface area contributed by atoms with Gasteiger partial charge in [-0.3, -0.25) is 10.0 Å². The predicted octanol–water partition coefficient (Wildman–Crippen LogP) is 2.52. The quantitative estimate of drug-likeness (QED) is 0.648. The number of carbonyl (C=O) groups is 1. The van der Waals surface area contributed by atoms with Crippen molar-refractivity contribution >= 4 is 5.78 Å². The molecule has 118 valence electrons. The van der Waals surface area contributed by atoms with Crippen LogP contribution in [0.3, 0.4) is 0 Å². The number of nitrogens with zero attached hydrogens (tertiary/aromatic N) is 1. The number of hydrogen-bond acceptors (Lipinski definition) is 3. The summed E-state index contributed by atoms with van der Waals surface area (Å²) >= 11 is 0. The number of hydrogen-bond donors (Lipinski definition) is 2. The Bertz CT molecular complexity index is 484. The van der Waals surface area contributed by atoms with Crippen LogP contribution in [0.1, 0.15) is 53.7 Å². The summed E-state index contributed by atoms with van der Waals surface area (Å²) in [6.07, 6.45) is 2.91. The van der Waals surface area contributed by atoms with Crippen molar-refractivity contribution in [2.75, 3.05) is 0 Å². The van der Waals surface area contributed by atoms with Gasteiger partial charge < -0.3 is 5.32 Å². The molecule has 1 aromatic heterocycles. The van der Waals surface area contributed by atoms with Gasteiger partial charge in [0.2, 0.25) is 11.9 Å². The Kier molecular flexibility index (Phi) is 5.51. The minimum absolute atomic E-state index is 0.128. The average Bonchev–Trinajstić information content (AvgIpc) is 2.32. The molecule has 2 N–H and O–H groups in total. The molecule has 0 saturated heterocycles. The molecule has 0 spiro atoms. The molecule has 0 aliphatic rings. The van der Waals surface area contributed by atoms with E-state index in [0.29, 0.717) is 12.8 Å². The lowest BCUT2D eigenvalue weighted by Gasteiger charge is -2.31. The summed E-state index contributed by atoms with van der Waals surface area (Å²) in [5.41, 5.74) is 0.298. The normalized spacial score (nSPS) is 14.0. The molecule has 0 amide bonds. The molecule has 21 heavy (non-hydrogen) atoms. The van der Waals surface area contributed by atoms with Gasteiger partial charge in [-0.15, -0.1) is 0 Å². The summed E-state index contributed by atoms with van der Waals surface area (Å²) in [6, 6.07) is 5.31. The summed E-state index contributed by atoms with van der Waals surface area (Å²) in [7, 11) is 0. The number of ketones is 1. The first-order valence-electron chi connectivity index (χ1n) is 7.51. The Balaban J connectivity index is 2.83. The topological polar surface area (TPSA) is 53.2 Å². The molecule has 0 aliphatic heterocycles. The van der Waals surface area contributed by atoms with E-state index < -0.39 is 0 Å². The van der Waals surface area contributed by atoms with Crippen LogP contribution in [0.2, 0.25) is 0 Å². The van der Waals surface area contributed by atoms with E-state index in [2.05, 4.69) is 26.1 Å². The Labute approximate surface area is 128 Å². The number of aromatic nitrogens is 1. The zero-order chi connectivity index (χ0) is 16.3. The monoisotopic (exact) mass is 293 g/mol. The maximum atomic E-state index is 12.6. The molecule has 0 bridgehead atoms. The van der Waals surface area contributed by atoms with Crippen molar-refractivity contribution < 1.29 is 14.7 Å². The molecule has 0 saturated carbocycles. The number of aryl methyl sites for hydroxylation is 1. The number of nitrogens with one attached hydrogen (secondary N) is 1. The number of rotatable bonds is 5. The molecule has 0 aromatic carbocycles. The molecule has 1 atom stereocenters. The lowest BCUT2D eigenvalue weighted by Crippen LogP contribution is -2.51. The fourth-order valence-electron chi connectivity index (χ4n) is 2.27. The molecule has 1 rings (SSSR count). The SMILES string of the molecule is CC(C)(C)NC(CCc1cccc[n+]1O)C(=O)C(C)(C)C. The summed E-state index contributed by atoms with van der Waals surface area (Å²) in [5, 5.41) is 13.2. The van der Waals surface area contributed by atoms with Crippen molar-refractivity contribution in [3.8, 4) is 0 Å². The van der Waals surface area contributed by atoms with Gasteiger partial charge in [0.1, 0.15) is 0 Å². The van der Waals surface area contributed by atoms with E-state index in [9.17, 15) is 10.0 Å². The van der Waals surface area contributed by atoms with Gasteiger partial charge >= 0.3 is 0 Å². The van der Waals surface area contributed by atoms with Crippen molar-refractivity contribution in [1.29, 1.82) is 0 Å². The standard InChI is InChI=1S/C17H29N2O2/c1-16(2,3)15(20)14(18-17(4,5)6)11-10-13-9-7-8-12-19(13)21/h7-9,12,14,18,21H,10-11H2,1-6H3/q+1. The zero-order valence-corrected chi connectivity index (χ0v) is 14.1. The summed E-state index contributed by atoms with van der Waals surface area (Å²) < 4.78 is 1.12. The van der Waals surface area contributed by atoms with Crippen molar-refractivity contribution in [3.05, 3.63) is 30.1 Å². The van der Waals surface area contributed by atoms with Gasteiger partial charge in [-0.2, -0.15) is 0 Å². The van der Waals surface area contributed by atoms with Crippen molar-refractivity contribution in [3.63, 3.8) is 0 Å². The van der Waals surface area contributed by atoms with E-state index in [0.717, 1.165) is 10.4 Å². The highest BCUT2D eigenvalue weighted by molar-refractivity contribution is 5.88. The highest BCUT2D eigenvalue weighted by Crippen LogP contribution is 2.20. The molecule has 4 nitrogen and oxygen atoms in total. The smallest absolute Gasteiger partial charge is 0.234 e. The van der Waals surface area contributed by atoms with Crippen LogP contribution in [0.5, 0.6) is 0 Å². The molecule has 1 heterocycles. The Hall–Kier alpha value is -1.42. The van der Waals surface area contributed by atoms with Gasteiger partial charge in [-0.1, -0.05) is 20.8 Å². The predicted molar refractivity (Wildman–Crippen MR) is 83.3 cm³/mol. The van der Waals surface area contributed by atoms with E-state index in [-0.39, 0.29) is 22.8 Å². The summed E-state index contributed by atoms with van der Waals surface area (Å²) in [6.45, 7) is 12.0. The van der Waals surface area contributed by atoms with Gasteiger partial charge in [-0.25, -0.2) is 0 Å². The first-order chi connectivity index (χ1) is 9.50. The van der Waals surface area contributed by atoms with Gasteiger partial charge in [0.05, 0.1) is 6.04 Å². The second-order valence-electron chi connectivity index (χ2n) is 7.64. The minimum atomic E-state index is -0.380. The van der Waals surface area contributed by atoms with E-state index in [1.54, 1.807) is 12.3 Å². The maximum Gasteiger partial charge on any atom is 0.234 e. The Morgan fingerprint density at radius 1 is 1.24 bits per heavy atom. The molecule has 1 unspecified atom stereocenters. The fourth-order valence-corrected chi connectivity index (χ4v) is 2.27. The van der Waals surface area contributed by atoms with Gasteiger partial charge in [0, 0.05) is 34.2 Å². The molecule has 0 aliphatic carbocycles. The van der Waals surface area contributed by atoms with Gasteiger partial charge in [0.25, 0.3) is 0 Å².